The van der Waals surface area contributed by atoms with E-state index < -0.39 is 5.54 Å². The molecule has 0 radical (unpaired) electrons. The van der Waals surface area contributed by atoms with E-state index in [2.05, 4.69) is 32.3 Å². The first-order valence-electron chi connectivity index (χ1n) is 9.38. The van der Waals surface area contributed by atoms with Gasteiger partial charge in [-0.1, -0.05) is 59.7 Å². The molecule has 3 rings (SSSR count). The number of carbonyl (C=O) groups excluding carboxylic acids is 1. The van der Waals surface area contributed by atoms with Gasteiger partial charge in [-0.05, 0) is 43.2 Å². The summed E-state index contributed by atoms with van der Waals surface area (Å²) in [6.07, 6.45) is 0. The van der Waals surface area contributed by atoms with E-state index in [0.29, 0.717) is 21.7 Å². The highest BCUT2D eigenvalue weighted by molar-refractivity contribution is 9.10. The van der Waals surface area contributed by atoms with Crippen LogP contribution < -0.4 is 10.9 Å². The Bertz CT molecular complexity index is 1190. The quantitative estimate of drug-likeness (QED) is 0.416. The average Bonchev–Trinajstić information content (AvgIpc) is 2.73. The van der Waals surface area contributed by atoms with Gasteiger partial charge in [0.25, 0.3) is 5.56 Å². The van der Waals surface area contributed by atoms with Gasteiger partial charge in [-0.3, -0.25) is 14.2 Å². The number of carbonyl (C=O) groups is 1. The van der Waals surface area contributed by atoms with Crippen molar-refractivity contribution in [2.45, 2.75) is 31.5 Å². The summed E-state index contributed by atoms with van der Waals surface area (Å²) in [7, 11) is 0. The molecule has 0 fully saturated rings. The van der Waals surface area contributed by atoms with Crippen LogP contribution >= 0.6 is 27.7 Å². The lowest BCUT2D eigenvalue weighted by molar-refractivity contribution is -0.120. The Kier molecular flexibility index (Phi) is 6.64. The molecule has 0 aliphatic heterocycles. The minimum atomic E-state index is -0.959. The molecule has 0 spiro atoms. The lowest BCUT2D eigenvalue weighted by Gasteiger charge is -2.27. The molecule has 1 amide bonds. The van der Waals surface area contributed by atoms with Crippen LogP contribution in [-0.2, 0) is 4.79 Å². The van der Waals surface area contributed by atoms with Gasteiger partial charge in [0.05, 0.1) is 28.4 Å². The number of para-hydroxylation sites is 1. The molecule has 1 unspecified atom stereocenters. The summed E-state index contributed by atoms with van der Waals surface area (Å²) in [6, 6.07) is 16.7. The number of hydrogen-bond donors (Lipinski definition) is 1. The number of nitrogens with zero attached hydrogens (tertiary/aromatic N) is 3. The fraction of sp³-hybridized carbons (Fsp3) is 0.273. The molecule has 3 aromatic rings. The topological polar surface area (TPSA) is 87.8 Å². The summed E-state index contributed by atoms with van der Waals surface area (Å²) in [5, 5.41) is 13.1. The third kappa shape index (κ3) is 4.58. The van der Waals surface area contributed by atoms with Crippen LogP contribution in [0.4, 0.5) is 0 Å². The molecule has 6 nitrogen and oxygen atoms in total. The van der Waals surface area contributed by atoms with E-state index in [-0.39, 0.29) is 23.1 Å². The van der Waals surface area contributed by atoms with E-state index in [9.17, 15) is 14.9 Å². The van der Waals surface area contributed by atoms with Gasteiger partial charge in [0.1, 0.15) is 5.54 Å². The fourth-order valence-corrected chi connectivity index (χ4v) is 3.97. The van der Waals surface area contributed by atoms with Gasteiger partial charge >= 0.3 is 0 Å². The van der Waals surface area contributed by atoms with Crippen LogP contribution in [0, 0.1) is 17.2 Å². The molecule has 0 bridgehead atoms. The molecule has 1 N–H and O–H groups in total. The van der Waals surface area contributed by atoms with Gasteiger partial charge in [-0.15, -0.1) is 0 Å². The second-order valence-corrected chi connectivity index (χ2v) is 9.20. The van der Waals surface area contributed by atoms with E-state index in [1.165, 1.54) is 4.57 Å². The number of thioether (sulfide) groups is 1. The molecular weight excluding hydrogens is 464 g/mol. The predicted octanol–water partition coefficient (Wildman–Crippen LogP) is 4.29. The molecule has 0 saturated heterocycles. The normalized spacial score (nSPS) is 13.1. The van der Waals surface area contributed by atoms with Crippen molar-refractivity contribution in [1.82, 2.24) is 14.9 Å². The molecule has 30 heavy (non-hydrogen) atoms. The summed E-state index contributed by atoms with van der Waals surface area (Å²) in [5.74, 6) is -0.301. The van der Waals surface area contributed by atoms with Crippen LogP contribution in [0.5, 0.6) is 0 Å². The van der Waals surface area contributed by atoms with Crippen molar-refractivity contribution in [3.05, 3.63) is 63.4 Å². The largest absolute Gasteiger partial charge is 0.337 e. The number of hydrogen-bond acceptors (Lipinski definition) is 5. The Balaban J connectivity index is 1.99. The van der Waals surface area contributed by atoms with Crippen molar-refractivity contribution < 1.29 is 4.79 Å². The zero-order chi connectivity index (χ0) is 21.9. The van der Waals surface area contributed by atoms with Gasteiger partial charge in [-0.2, -0.15) is 5.26 Å². The first-order valence-corrected chi connectivity index (χ1v) is 11.2. The molecule has 1 atom stereocenters. The second kappa shape index (κ2) is 9.02. The summed E-state index contributed by atoms with van der Waals surface area (Å²) < 4.78 is 2.30. The Morgan fingerprint density at radius 2 is 2.00 bits per heavy atom. The third-order valence-electron chi connectivity index (χ3n) is 4.93. The van der Waals surface area contributed by atoms with Gasteiger partial charge in [0, 0.05) is 4.47 Å². The monoisotopic (exact) mass is 484 g/mol. The lowest BCUT2D eigenvalue weighted by atomic mass is 9.90. The number of amides is 1. The van der Waals surface area contributed by atoms with Gasteiger partial charge in [-0.25, -0.2) is 4.98 Å². The lowest BCUT2D eigenvalue weighted by Crippen LogP contribution is -2.49. The van der Waals surface area contributed by atoms with Crippen LogP contribution in [0.1, 0.15) is 20.8 Å². The maximum Gasteiger partial charge on any atom is 0.266 e. The molecule has 8 heteroatoms. The van der Waals surface area contributed by atoms with Crippen LogP contribution in [0.25, 0.3) is 16.6 Å². The van der Waals surface area contributed by atoms with Crippen molar-refractivity contribution in [3.63, 3.8) is 0 Å². The number of rotatable bonds is 6. The van der Waals surface area contributed by atoms with E-state index in [0.717, 1.165) is 16.2 Å². The smallest absolute Gasteiger partial charge is 0.266 e. The van der Waals surface area contributed by atoms with Crippen molar-refractivity contribution in [3.8, 4) is 11.8 Å². The van der Waals surface area contributed by atoms with Crippen molar-refractivity contribution in [2.75, 3.05) is 5.75 Å². The molecule has 1 aromatic heterocycles. The van der Waals surface area contributed by atoms with Crippen LogP contribution in [-0.4, -0.2) is 26.8 Å². The number of halogens is 1. The maximum atomic E-state index is 13.3. The fourth-order valence-electron chi connectivity index (χ4n) is 2.80. The molecule has 0 aliphatic carbocycles. The van der Waals surface area contributed by atoms with E-state index >= 15 is 0 Å². The minimum Gasteiger partial charge on any atom is -0.337 e. The van der Waals surface area contributed by atoms with Crippen LogP contribution in [0.2, 0.25) is 0 Å². The zero-order valence-corrected chi connectivity index (χ0v) is 19.3. The van der Waals surface area contributed by atoms with Gasteiger partial charge in [0.15, 0.2) is 5.16 Å². The minimum absolute atomic E-state index is 0.0330. The third-order valence-corrected chi connectivity index (χ3v) is 6.36. The molecule has 154 valence electrons. The number of aromatic nitrogens is 2. The van der Waals surface area contributed by atoms with E-state index in [1.54, 1.807) is 19.1 Å². The molecule has 2 aromatic carbocycles. The Morgan fingerprint density at radius 1 is 1.30 bits per heavy atom. The summed E-state index contributed by atoms with van der Waals surface area (Å²) in [4.78, 5) is 30.4. The highest BCUT2D eigenvalue weighted by Crippen LogP contribution is 2.23. The maximum absolute atomic E-state index is 13.3. The highest BCUT2D eigenvalue weighted by atomic mass is 79.9. The summed E-state index contributed by atoms with van der Waals surface area (Å²) >= 11 is 4.57. The van der Waals surface area contributed by atoms with Gasteiger partial charge < -0.3 is 5.32 Å². The highest BCUT2D eigenvalue weighted by Gasteiger charge is 2.30. The number of fused-ring (bicyclic) bond motifs is 1. The molecule has 1 heterocycles. The first-order chi connectivity index (χ1) is 14.2. The summed E-state index contributed by atoms with van der Waals surface area (Å²) in [5.41, 5.74) is 0.0606. The van der Waals surface area contributed by atoms with E-state index in [1.807, 2.05) is 50.2 Å². The number of nitrogens with one attached hydrogen (secondary N) is 1. The van der Waals surface area contributed by atoms with Crippen LogP contribution in [0.3, 0.4) is 0 Å². The van der Waals surface area contributed by atoms with Crippen LogP contribution in [0.15, 0.2) is 63.0 Å². The first kappa shape index (κ1) is 22.1. The zero-order valence-electron chi connectivity index (χ0n) is 16.8. The SMILES string of the molecule is CC(C)C(C)(C#N)NC(=O)CSc1nc2ccc(Br)cc2c(=O)n1-c1ccccc1. The van der Waals surface area contributed by atoms with Gasteiger partial charge in [0.2, 0.25) is 5.91 Å². The van der Waals surface area contributed by atoms with E-state index in [4.69, 9.17) is 0 Å². The molecule has 0 saturated carbocycles. The van der Waals surface area contributed by atoms with Crippen molar-refractivity contribution in [1.29, 1.82) is 5.26 Å². The average molecular weight is 485 g/mol. The van der Waals surface area contributed by atoms with Crippen molar-refractivity contribution in [2.24, 2.45) is 5.92 Å². The Labute approximate surface area is 187 Å². The Morgan fingerprint density at radius 3 is 2.63 bits per heavy atom. The molecular formula is C22H21BrN4O2S. The number of benzene rings is 2. The standard InChI is InChI=1S/C22H21BrN4O2S/c1-14(2)22(3,13-24)26-19(28)12-30-21-25-18-10-9-15(23)11-17(18)20(29)27(21)16-7-5-4-6-8-16/h4-11,14H,12H2,1-3H3,(H,26,28). The Hall–Kier alpha value is -2.63. The second-order valence-electron chi connectivity index (χ2n) is 7.34. The number of nitriles is 1. The predicted molar refractivity (Wildman–Crippen MR) is 123 cm³/mol. The van der Waals surface area contributed by atoms with Crippen molar-refractivity contribution >= 4 is 44.5 Å². The summed E-state index contributed by atoms with van der Waals surface area (Å²) in [6.45, 7) is 5.46. The molecule has 0 aliphatic rings.